The molecule has 0 fully saturated rings. The number of hydrogen-bond acceptors (Lipinski definition) is 3. The summed E-state index contributed by atoms with van der Waals surface area (Å²) >= 11 is 0. The summed E-state index contributed by atoms with van der Waals surface area (Å²) in [7, 11) is 0. The Morgan fingerprint density at radius 3 is 2.53 bits per heavy atom. The van der Waals surface area contributed by atoms with Gasteiger partial charge in [-0.25, -0.2) is 22.9 Å². The maximum absolute atomic E-state index is 13.2. The summed E-state index contributed by atoms with van der Waals surface area (Å²) in [6.45, 7) is 1.60. The first-order valence-corrected chi connectivity index (χ1v) is 5.18. The Balaban J connectivity index is 2.57. The predicted molar refractivity (Wildman–Crippen MR) is 58.6 cm³/mol. The van der Waals surface area contributed by atoms with E-state index in [1.807, 2.05) is 0 Å². The molecule has 100 valence electrons. The summed E-state index contributed by atoms with van der Waals surface area (Å²) < 4.78 is 43.2. The van der Waals surface area contributed by atoms with Crippen molar-refractivity contribution in [1.29, 1.82) is 0 Å². The molecule has 0 bridgehead atoms. The lowest BCUT2D eigenvalue weighted by atomic mass is 10.1. The first-order chi connectivity index (χ1) is 8.88. The van der Waals surface area contributed by atoms with Gasteiger partial charge in [0.1, 0.15) is 5.82 Å². The molecule has 0 radical (unpaired) electrons. The number of aryl methyl sites for hydroxylation is 1. The van der Waals surface area contributed by atoms with Gasteiger partial charge in [-0.1, -0.05) is 0 Å². The van der Waals surface area contributed by atoms with Crippen LogP contribution in [-0.2, 0) is 0 Å². The van der Waals surface area contributed by atoms with Crippen molar-refractivity contribution >= 4 is 5.97 Å². The number of halogens is 3. The SMILES string of the molecule is Cc1cc(F)cc(-c2nc(C(F)F)c(C(=O)O)o2)c1. The molecule has 0 amide bonds. The van der Waals surface area contributed by atoms with E-state index in [0.29, 0.717) is 5.56 Å². The number of hydrogen-bond donors (Lipinski definition) is 1. The molecular formula is C12H8F3NO3. The van der Waals surface area contributed by atoms with Crippen molar-refractivity contribution in [3.63, 3.8) is 0 Å². The first kappa shape index (κ1) is 13.1. The van der Waals surface area contributed by atoms with Crippen LogP contribution >= 0.6 is 0 Å². The molecule has 0 aliphatic rings. The van der Waals surface area contributed by atoms with Gasteiger partial charge in [-0.3, -0.25) is 0 Å². The summed E-state index contributed by atoms with van der Waals surface area (Å²) in [6.07, 6.45) is -3.08. The molecule has 0 spiro atoms. The molecule has 2 rings (SSSR count). The number of carboxylic acids is 1. The normalized spacial score (nSPS) is 11.0. The summed E-state index contributed by atoms with van der Waals surface area (Å²) in [4.78, 5) is 14.2. The van der Waals surface area contributed by atoms with Crippen LogP contribution in [0.25, 0.3) is 11.5 Å². The van der Waals surface area contributed by atoms with E-state index in [2.05, 4.69) is 4.98 Å². The Morgan fingerprint density at radius 2 is 2.05 bits per heavy atom. The standard InChI is InChI=1S/C12H8F3NO3/c1-5-2-6(4-7(13)3-5)11-16-8(10(14)15)9(19-11)12(17)18/h2-4,10H,1H3,(H,17,18). The van der Waals surface area contributed by atoms with Crippen molar-refractivity contribution in [2.75, 3.05) is 0 Å². The Labute approximate surface area is 105 Å². The molecule has 0 saturated heterocycles. The van der Waals surface area contributed by atoms with Crippen LogP contribution in [0, 0.1) is 12.7 Å². The van der Waals surface area contributed by atoms with E-state index in [4.69, 9.17) is 9.52 Å². The Bertz CT molecular complexity index is 617. The third-order valence-corrected chi connectivity index (χ3v) is 2.34. The van der Waals surface area contributed by atoms with Gasteiger partial charge in [-0.2, -0.15) is 0 Å². The van der Waals surface area contributed by atoms with Crippen LogP contribution in [0.1, 0.15) is 28.2 Å². The molecule has 0 aliphatic heterocycles. The highest BCUT2D eigenvalue weighted by Crippen LogP contribution is 2.29. The Morgan fingerprint density at radius 1 is 1.37 bits per heavy atom. The number of aromatic carboxylic acids is 1. The molecule has 7 heteroatoms. The molecule has 0 unspecified atom stereocenters. The highest BCUT2D eigenvalue weighted by Gasteiger charge is 2.26. The molecule has 4 nitrogen and oxygen atoms in total. The molecule has 19 heavy (non-hydrogen) atoms. The van der Waals surface area contributed by atoms with Crippen molar-refractivity contribution in [2.45, 2.75) is 13.3 Å². The van der Waals surface area contributed by atoms with Gasteiger partial charge in [-0.05, 0) is 30.7 Å². The number of carboxylic acid groups (broad SMARTS) is 1. The molecule has 1 aromatic carbocycles. The quantitative estimate of drug-likeness (QED) is 0.928. The van der Waals surface area contributed by atoms with Gasteiger partial charge in [0.2, 0.25) is 11.7 Å². The van der Waals surface area contributed by atoms with Gasteiger partial charge >= 0.3 is 5.97 Å². The van der Waals surface area contributed by atoms with E-state index >= 15 is 0 Å². The zero-order chi connectivity index (χ0) is 14.2. The summed E-state index contributed by atoms with van der Waals surface area (Å²) in [5.41, 5.74) is -0.333. The van der Waals surface area contributed by atoms with Crippen molar-refractivity contribution in [2.24, 2.45) is 0 Å². The average molecular weight is 271 g/mol. The Kier molecular flexibility index (Phi) is 3.28. The molecule has 0 atom stereocenters. The monoisotopic (exact) mass is 271 g/mol. The lowest BCUT2D eigenvalue weighted by Crippen LogP contribution is -1.99. The van der Waals surface area contributed by atoms with Gasteiger partial charge < -0.3 is 9.52 Å². The largest absolute Gasteiger partial charge is 0.475 e. The third-order valence-electron chi connectivity index (χ3n) is 2.34. The molecule has 0 saturated carbocycles. The number of alkyl halides is 2. The molecule has 2 aromatic rings. The number of oxazole rings is 1. The second kappa shape index (κ2) is 4.75. The van der Waals surface area contributed by atoms with Crippen LogP contribution in [0.5, 0.6) is 0 Å². The zero-order valence-electron chi connectivity index (χ0n) is 9.65. The Hall–Kier alpha value is -2.31. The lowest BCUT2D eigenvalue weighted by molar-refractivity contribution is 0.0647. The van der Waals surface area contributed by atoms with Crippen LogP contribution in [0.15, 0.2) is 22.6 Å². The molecule has 1 aromatic heterocycles. The van der Waals surface area contributed by atoms with Crippen molar-refractivity contribution in [3.05, 3.63) is 41.0 Å². The van der Waals surface area contributed by atoms with Crippen LogP contribution in [0.2, 0.25) is 0 Å². The number of aromatic nitrogens is 1. The number of rotatable bonds is 3. The summed E-state index contributed by atoms with van der Waals surface area (Å²) in [5.74, 6) is -3.53. The molecule has 1 heterocycles. The average Bonchev–Trinajstić information content (AvgIpc) is 2.72. The van der Waals surface area contributed by atoms with Crippen LogP contribution in [-0.4, -0.2) is 16.1 Å². The minimum atomic E-state index is -3.08. The van der Waals surface area contributed by atoms with Crippen LogP contribution in [0.4, 0.5) is 13.2 Å². The van der Waals surface area contributed by atoms with Gasteiger partial charge in [0.15, 0.2) is 5.69 Å². The second-order valence-electron chi connectivity index (χ2n) is 3.86. The number of nitrogens with zero attached hydrogens (tertiary/aromatic N) is 1. The van der Waals surface area contributed by atoms with E-state index < -0.39 is 29.7 Å². The third kappa shape index (κ3) is 2.59. The lowest BCUT2D eigenvalue weighted by Gasteiger charge is -1.98. The van der Waals surface area contributed by atoms with E-state index in [9.17, 15) is 18.0 Å². The predicted octanol–water partition coefficient (Wildman–Crippen LogP) is 3.42. The van der Waals surface area contributed by atoms with Gasteiger partial charge in [0.25, 0.3) is 6.43 Å². The molecular weight excluding hydrogens is 263 g/mol. The van der Waals surface area contributed by atoms with Gasteiger partial charge in [-0.15, -0.1) is 0 Å². The fourth-order valence-electron chi connectivity index (χ4n) is 1.62. The van der Waals surface area contributed by atoms with Crippen molar-refractivity contribution in [3.8, 4) is 11.5 Å². The highest BCUT2D eigenvalue weighted by atomic mass is 19.3. The van der Waals surface area contributed by atoms with Crippen LogP contribution in [0.3, 0.4) is 0 Å². The van der Waals surface area contributed by atoms with E-state index in [1.165, 1.54) is 12.1 Å². The van der Waals surface area contributed by atoms with E-state index in [-0.39, 0.29) is 11.5 Å². The smallest absolute Gasteiger partial charge is 0.374 e. The van der Waals surface area contributed by atoms with Gasteiger partial charge in [0, 0.05) is 5.56 Å². The number of benzene rings is 1. The maximum atomic E-state index is 13.2. The molecule has 0 aliphatic carbocycles. The number of carbonyl (C=O) groups is 1. The summed E-state index contributed by atoms with van der Waals surface area (Å²) in [5, 5.41) is 8.74. The minimum Gasteiger partial charge on any atom is -0.475 e. The van der Waals surface area contributed by atoms with Crippen LogP contribution < -0.4 is 0 Å². The summed E-state index contributed by atoms with van der Waals surface area (Å²) in [6, 6.07) is 3.72. The minimum absolute atomic E-state index is 0.104. The fourth-order valence-corrected chi connectivity index (χ4v) is 1.62. The zero-order valence-corrected chi connectivity index (χ0v) is 9.65. The first-order valence-electron chi connectivity index (χ1n) is 5.18. The fraction of sp³-hybridized carbons (Fsp3) is 0.167. The second-order valence-corrected chi connectivity index (χ2v) is 3.86. The van der Waals surface area contributed by atoms with Crippen molar-refractivity contribution in [1.82, 2.24) is 4.98 Å². The van der Waals surface area contributed by atoms with Gasteiger partial charge in [0.05, 0.1) is 0 Å². The van der Waals surface area contributed by atoms with E-state index in [0.717, 1.165) is 6.07 Å². The van der Waals surface area contributed by atoms with Crippen molar-refractivity contribution < 1.29 is 27.5 Å². The highest BCUT2D eigenvalue weighted by molar-refractivity contribution is 5.86. The van der Waals surface area contributed by atoms with E-state index in [1.54, 1.807) is 6.92 Å². The molecule has 1 N–H and O–H groups in total. The maximum Gasteiger partial charge on any atom is 0.374 e. The topological polar surface area (TPSA) is 63.3 Å².